The molecule has 0 bridgehead atoms. The zero-order valence-electron chi connectivity index (χ0n) is 19.8. The number of aromatic nitrogens is 3. The second-order valence-electron chi connectivity index (χ2n) is 9.92. The van der Waals surface area contributed by atoms with Gasteiger partial charge in [0.15, 0.2) is 0 Å². The molecule has 1 atom stereocenters. The minimum Gasteiger partial charge on any atom is -0.478 e. The summed E-state index contributed by atoms with van der Waals surface area (Å²) in [5.41, 5.74) is 1.08. The molecule has 1 amide bonds. The van der Waals surface area contributed by atoms with Gasteiger partial charge in [-0.05, 0) is 52.7 Å². The van der Waals surface area contributed by atoms with Crippen molar-refractivity contribution in [1.82, 2.24) is 20.3 Å². The summed E-state index contributed by atoms with van der Waals surface area (Å²) in [7, 11) is 0. The lowest BCUT2D eigenvalue weighted by Crippen LogP contribution is -2.49. The van der Waals surface area contributed by atoms with Crippen LogP contribution in [0.3, 0.4) is 0 Å². The van der Waals surface area contributed by atoms with E-state index in [1.54, 1.807) is 26.8 Å². The number of ether oxygens (including phenoxy) is 1. The molecule has 1 aliphatic rings. The fourth-order valence-corrected chi connectivity index (χ4v) is 4.25. The number of benzene rings is 1. The highest BCUT2D eigenvalue weighted by atomic mass is 19.1. The highest BCUT2D eigenvalue weighted by Gasteiger charge is 2.39. The number of hydrogen-bond donors (Lipinski definition) is 3. The number of aromatic carboxylic acids is 1. The summed E-state index contributed by atoms with van der Waals surface area (Å²) in [5, 5.41) is 12.8. The fraction of sp³-hybridized carbons (Fsp3) is 0.417. The third-order valence-electron chi connectivity index (χ3n) is 5.79. The van der Waals surface area contributed by atoms with E-state index in [1.165, 1.54) is 18.5 Å². The van der Waals surface area contributed by atoms with Crippen molar-refractivity contribution in [3.05, 3.63) is 41.5 Å². The zero-order chi connectivity index (χ0) is 24.8. The van der Waals surface area contributed by atoms with Crippen LogP contribution in [0, 0.1) is 12.7 Å². The van der Waals surface area contributed by atoms with Crippen molar-refractivity contribution in [1.29, 1.82) is 0 Å². The van der Waals surface area contributed by atoms with E-state index in [0.29, 0.717) is 42.1 Å². The van der Waals surface area contributed by atoms with Crippen molar-refractivity contribution in [2.45, 2.75) is 52.2 Å². The molecule has 0 spiro atoms. The Bertz CT molecular complexity index is 1240. The molecule has 3 heterocycles. The topological polar surface area (TPSA) is 120 Å². The zero-order valence-corrected chi connectivity index (χ0v) is 19.8. The molecule has 1 aromatic carbocycles. The maximum Gasteiger partial charge on any atom is 0.408 e. The average Bonchev–Trinajstić information content (AvgIpc) is 3.33. The highest BCUT2D eigenvalue weighted by molar-refractivity contribution is 5.99. The van der Waals surface area contributed by atoms with Crippen molar-refractivity contribution in [3.8, 4) is 11.4 Å². The van der Waals surface area contributed by atoms with Crippen LogP contribution in [-0.4, -0.2) is 56.4 Å². The normalized spacial score (nSPS) is 18.4. The Morgan fingerprint density at radius 2 is 2.03 bits per heavy atom. The molecule has 1 saturated heterocycles. The van der Waals surface area contributed by atoms with Gasteiger partial charge in [-0.15, -0.1) is 0 Å². The van der Waals surface area contributed by atoms with Gasteiger partial charge < -0.3 is 25.0 Å². The summed E-state index contributed by atoms with van der Waals surface area (Å²) in [4.78, 5) is 38.0. The Hall–Kier alpha value is -3.69. The van der Waals surface area contributed by atoms with E-state index in [9.17, 15) is 19.1 Å². The van der Waals surface area contributed by atoms with Crippen LogP contribution in [-0.2, 0) is 4.74 Å². The molecular formula is C24H28FN5O4. The quantitative estimate of drug-likeness (QED) is 0.522. The molecule has 3 N–H and O–H groups in total. The molecule has 0 aliphatic carbocycles. The number of aromatic amines is 1. The van der Waals surface area contributed by atoms with Crippen molar-refractivity contribution in [3.63, 3.8) is 0 Å². The Kier molecular flexibility index (Phi) is 5.71. The Balaban J connectivity index is 1.73. The van der Waals surface area contributed by atoms with E-state index in [1.807, 2.05) is 18.7 Å². The number of carboxylic acids is 1. The van der Waals surface area contributed by atoms with Crippen molar-refractivity contribution in [2.75, 3.05) is 18.0 Å². The number of amides is 1. The number of carbonyl (C=O) groups excluding carboxylic acids is 1. The molecular weight excluding hydrogens is 441 g/mol. The molecule has 3 aromatic rings. The van der Waals surface area contributed by atoms with E-state index in [2.05, 4.69) is 20.3 Å². The number of carbonyl (C=O) groups is 2. The van der Waals surface area contributed by atoms with Gasteiger partial charge in [0.2, 0.25) is 0 Å². The molecule has 10 heteroatoms. The third-order valence-corrected chi connectivity index (χ3v) is 5.79. The number of hydrogen-bond acceptors (Lipinski definition) is 6. The number of halogens is 1. The molecule has 0 radical (unpaired) electrons. The first-order valence-corrected chi connectivity index (χ1v) is 11.0. The fourth-order valence-electron chi connectivity index (χ4n) is 4.25. The number of imidazole rings is 1. The predicted molar refractivity (Wildman–Crippen MR) is 126 cm³/mol. The predicted octanol–water partition coefficient (Wildman–Crippen LogP) is 4.26. The number of anilines is 1. The number of aryl methyl sites for hydroxylation is 1. The summed E-state index contributed by atoms with van der Waals surface area (Å²) < 4.78 is 19.8. The summed E-state index contributed by atoms with van der Waals surface area (Å²) in [5.74, 6) is -1.27. The molecule has 34 heavy (non-hydrogen) atoms. The lowest BCUT2D eigenvalue weighted by molar-refractivity contribution is 0.0472. The lowest BCUT2D eigenvalue weighted by Gasteiger charge is -2.29. The summed E-state index contributed by atoms with van der Waals surface area (Å²) in [6, 6.07) is 3.00. The van der Waals surface area contributed by atoms with Crippen LogP contribution in [0.5, 0.6) is 0 Å². The van der Waals surface area contributed by atoms with Crippen LogP contribution in [0.2, 0.25) is 0 Å². The number of rotatable bonds is 4. The smallest absolute Gasteiger partial charge is 0.408 e. The van der Waals surface area contributed by atoms with Crippen LogP contribution in [0.25, 0.3) is 22.4 Å². The van der Waals surface area contributed by atoms with E-state index >= 15 is 0 Å². The number of nitrogens with one attached hydrogen (secondary N) is 2. The van der Waals surface area contributed by atoms with Crippen LogP contribution >= 0.6 is 0 Å². The molecule has 1 aliphatic heterocycles. The van der Waals surface area contributed by atoms with Gasteiger partial charge in [-0.1, -0.05) is 6.07 Å². The second-order valence-corrected chi connectivity index (χ2v) is 9.92. The minimum absolute atomic E-state index is 0.00309. The first kappa shape index (κ1) is 23.5. The number of alkyl carbamates (subject to hydrolysis) is 1. The van der Waals surface area contributed by atoms with Gasteiger partial charge in [0.05, 0.1) is 22.3 Å². The van der Waals surface area contributed by atoms with Crippen molar-refractivity contribution in [2.24, 2.45) is 0 Å². The van der Waals surface area contributed by atoms with Gasteiger partial charge in [-0.25, -0.2) is 19.0 Å². The van der Waals surface area contributed by atoms with Crippen molar-refractivity contribution < 1.29 is 23.8 Å². The largest absolute Gasteiger partial charge is 0.478 e. The number of carboxylic acid groups (broad SMARTS) is 1. The lowest BCUT2D eigenvalue weighted by atomic mass is 10.0. The maximum atomic E-state index is 14.4. The number of nitrogens with zero attached hydrogens (tertiary/aromatic N) is 3. The molecule has 180 valence electrons. The first-order valence-electron chi connectivity index (χ1n) is 11.0. The monoisotopic (exact) mass is 469 g/mol. The van der Waals surface area contributed by atoms with Crippen LogP contribution in [0.15, 0.2) is 24.5 Å². The second kappa shape index (κ2) is 8.27. The van der Waals surface area contributed by atoms with Crippen LogP contribution in [0.4, 0.5) is 14.9 Å². The summed E-state index contributed by atoms with van der Waals surface area (Å²) >= 11 is 0. The van der Waals surface area contributed by atoms with E-state index < -0.39 is 29.0 Å². The Morgan fingerprint density at radius 3 is 2.68 bits per heavy atom. The van der Waals surface area contributed by atoms with Gasteiger partial charge in [-0.2, -0.15) is 0 Å². The standard InChI is InChI=1S/C24H28FN5O4/c1-13-6-7-16(25)18-17(13)27-20(28-18)14-10-26-11-15(21(31)32)19(14)30-9-8-24(5,12-30)29-22(33)34-23(2,3)4/h6-7,10-11H,8-9,12H2,1-5H3,(H,27,28)(H,29,33)(H,31,32). The van der Waals surface area contributed by atoms with Crippen LogP contribution < -0.4 is 10.2 Å². The number of fused-ring (bicyclic) bond motifs is 1. The maximum absolute atomic E-state index is 14.4. The number of H-pyrrole nitrogens is 1. The highest BCUT2D eigenvalue weighted by Crippen LogP contribution is 2.37. The van der Waals surface area contributed by atoms with Gasteiger partial charge >= 0.3 is 12.1 Å². The average molecular weight is 470 g/mol. The first-order chi connectivity index (χ1) is 15.9. The Morgan fingerprint density at radius 1 is 1.29 bits per heavy atom. The van der Waals surface area contributed by atoms with Gasteiger partial charge in [0.1, 0.15) is 28.3 Å². The molecule has 2 aromatic heterocycles. The molecule has 4 rings (SSSR count). The minimum atomic E-state index is -1.14. The van der Waals surface area contributed by atoms with Gasteiger partial charge in [-0.3, -0.25) is 4.98 Å². The third kappa shape index (κ3) is 4.52. The van der Waals surface area contributed by atoms with E-state index in [-0.39, 0.29) is 11.1 Å². The van der Waals surface area contributed by atoms with E-state index in [4.69, 9.17) is 4.74 Å². The molecule has 0 saturated carbocycles. The summed E-state index contributed by atoms with van der Waals surface area (Å²) in [6.45, 7) is 9.91. The Labute approximate surface area is 196 Å². The van der Waals surface area contributed by atoms with Crippen molar-refractivity contribution >= 4 is 28.8 Å². The molecule has 1 fully saturated rings. The SMILES string of the molecule is Cc1ccc(F)c2[nH]c(-c3cncc(C(=O)O)c3N3CCC(C)(NC(=O)OC(C)(C)C)C3)nc12. The van der Waals surface area contributed by atoms with Gasteiger partial charge in [0.25, 0.3) is 0 Å². The molecule has 1 unspecified atom stereocenters. The van der Waals surface area contributed by atoms with E-state index in [0.717, 1.165) is 5.56 Å². The van der Waals surface area contributed by atoms with Crippen LogP contribution in [0.1, 0.15) is 50.0 Å². The summed E-state index contributed by atoms with van der Waals surface area (Å²) in [6.07, 6.45) is 2.84. The molecule has 9 nitrogen and oxygen atoms in total. The van der Waals surface area contributed by atoms with Gasteiger partial charge in [0, 0.05) is 25.5 Å². The number of pyridine rings is 1.